The molecule has 0 aliphatic carbocycles. The number of ether oxygens (including phenoxy) is 1. The third-order valence-corrected chi connectivity index (χ3v) is 5.28. The number of aryl methyl sites for hydroxylation is 1. The van der Waals surface area contributed by atoms with Crippen LogP contribution in [0.2, 0.25) is 0 Å². The Balaban J connectivity index is 0.00000392. The fourth-order valence-electron chi connectivity index (χ4n) is 2.96. The van der Waals surface area contributed by atoms with Crippen LogP contribution in [0, 0.1) is 0 Å². The number of benzene rings is 2. The molecule has 0 bridgehead atoms. The predicted octanol–water partition coefficient (Wildman–Crippen LogP) is 2.10. The van der Waals surface area contributed by atoms with Crippen LogP contribution in [0.3, 0.4) is 0 Å². The van der Waals surface area contributed by atoms with Gasteiger partial charge >= 0.3 is 29.6 Å². The van der Waals surface area contributed by atoms with E-state index in [0.29, 0.717) is 5.75 Å². The van der Waals surface area contributed by atoms with Gasteiger partial charge in [-0.15, -0.1) is 5.75 Å². The van der Waals surface area contributed by atoms with Gasteiger partial charge in [0.05, 0.1) is 0 Å². The van der Waals surface area contributed by atoms with E-state index in [2.05, 4.69) is 6.92 Å². The molecule has 0 unspecified atom stereocenters. The van der Waals surface area contributed by atoms with Crippen LogP contribution in [-0.2, 0) is 16.5 Å². The Hall–Kier alpha value is -1.05. The third-order valence-electron chi connectivity index (χ3n) is 4.39. The predicted molar refractivity (Wildman–Crippen MR) is 104 cm³/mol. The molecule has 0 aliphatic heterocycles. The zero-order chi connectivity index (χ0) is 19.7. The van der Waals surface area contributed by atoms with Crippen molar-refractivity contribution in [1.82, 2.24) is 0 Å². The minimum Gasteiger partial charge on any atom is -0.872 e. The van der Waals surface area contributed by atoms with Crippen molar-refractivity contribution in [3.05, 3.63) is 48.0 Å². The summed E-state index contributed by atoms with van der Waals surface area (Å²) in [6.07, 6.45) is 9.55. The Kier molecular flexibility index (Phi) is 11.2. The summed E-state index contributed by atoms with van der Waals surface area (Å²) in [7, 11) is -4.47. The second kappa shape index (κ2) is 12.5. The largest absolute Gasteiger partial charge is 1.00 e. The molecule has 148 valence electrons. The molecule has 0 heterocycles. The topological polar surface area (TPSA) is 86.7 Å². The summed E-state index contributed by atoms with van der Waals surface area (Å²) in [5, 5.41) is 11.5. The molecule has 7 heteroatoms. The van der Waals surface area contributed by atoms with E-state index < -0.39 is 20.8 Å². The van der Waals surface area contributed by atoms with Crippen LogP contribution in [0.5, 0.6) is 17.2 Å². The molecular formula is C21H27NaO5S. The van der Waals surface area contributed by atoms with E-state index in [1.807, 2.05) is 18.2 Å². The molecule has 0 saturated carbocycles. The summed E-state index contributed by atoms with van der Waals surface area (Å²) >= 11 is 0. The summed E-state index contributed by atoms with van der Waals surface area (Å²) in [5.41, 5.74) is 1.09. The number of unbranched alkanes of at least 4 members (excludes halogenated alkanes) is 6. The first-order chi connectivity index (χ1) is 12.9. The minimum absolute atomic E-state index is 0. The van der Waals surface area contributed by atoms with E-state index in [9.17, 15) is 18.1 Å². The van der Waals surface area contributed by atoms with Crippen molar-refractivity contribution in [3.8, 4) is 17.2 Å². The van der Waals surface area contributed by atoms with Crippen molar-refractivity contribution in [2.75, 3.05) is 0 Å². The van der Waals surface area contributed by atoms with Crippen molar-refractivity contribution in [2.24, 2.45) is 0 Å². The maximum Gasteiger partial charge on any atom is 1.00 e. The maximum absolute atomic E-state index is 11.5. The van der Waals surface area contributed by atoms with Crippen LogP contribution >= 0.6 is 0 Å². The van der Waals surface area contributed by atoms with Crippen molar-refractivity contribution >= 4 is 10.1 Å². The van der Waals surface area contributed by atoms with Gasteiger partial charge in [-0.3, -0.25) is 4.55 Å². The van der Waals surface area contributed by atoms with Gasteiger partial charge in [0, 0.05) is 0 Å². The molecule has 2 aromatic rings. The monoisotopic (exact) mass is 414 g/mol. The zero-order valence-corrected chi connectivity index (χ0v) is 19.5. The average molecular weight is 414 g/mol. The molecule has 0 fully saturated rings. The molecular weight excluding hydrogens is 387 g/mol. The van der Waals surface area contributed by atoms with Gasteiger partial charge in [-0.05, 0) is 42.7 Å². The Morgan fingerprint density at radius 2 is 1.64 bits per heavy atom. The third kappa shape index (κ3) is 8.53. The molecule has 0 aromatic heterocycles. The average Bonchev–Trinajstić information content (AvgIpc) is 2.60. The fraction of sp³-hybridized carbons (Fsp3) is 0.429. The second-order valence-electron chi connectivity index (χ2n) is 6.70. The number of rotatable bonds is 11. The first-order valence-corrected chi connectivity index (χ1v) is 10.9. The summed E-state index contributed by atoms with van der Waals surface area (Å²) in [6, 6.07) is 10.5. The van der Waals surface area contributed by atoms with Gasteiger partial charge in [0.1, 0.15) is 16.4 Å². The molecule has 0 spiro atoms. The van der Waals surface area contributed by atoms with Gasteiger partial charge < -0.3 is 9.84 Å². The fourth-order valence-corrected chi connectivity index (χ4v) is 3.55. The minimum atomic E-state index is -4.47. The van der Waals surface area contributed by atoms with Gasteiger partial charge in [0.25, 0.3) is 10.1 Å². The van der Waals surface area contributed by atoms with Gasteiger partial charge in [0.2, 0.25) is 0 Å². The van der Waals surface area contributed by atoms with Crippen molar-refractivity contribution in [2.45, 2.75) is 63.2 Å². The smallest absolute Gasteiger partial charge is 0.872 e. The Labute approximate surface area is 190 Å². The van der Waals surface area contributed by atoms with E-state index >= 15 is 0 Å². The van der Waals surface area contributed by atoms with Crippen molar-refractivity contribution in [1.29, 1.82) is 0 Å². The van der Waals surface area contributed by atoms with Crippen LogP contribution in [0.25, 0.3) is 0 Å². The molecule has 28 heavy (non-hydrogen) atoms. The quantitative estimate of drug-likeness (QED) is 0.346. The van der Waals surface area contributed by atoms with Crippen LogP contribution in [0.4, 0.5) is 0 Å². The standard InChI is InChI=1S/C21H28O5S.Na/c1-2-3-4-5-6-7-8-10-17-11-9-12-19(15-17)26-20-16-18(22)13-14-21(20)27(23,24)25;/h9,11-16,22H,2-8,10H2,1H3,(H,23,24,25);/q;+1/p-1. The van der Waals surface area contributed by atoms with E-state index in [4.69, 9.17) is 4.74 Å². The molecule has 0 amide bonds. The molecule has 0 saturated heterocycles. The van der Waals surface area contributed by atoms with Crippen LogP contribution in [0.15, 0.2) is 47.4 Å². The summed E-state index contributed by atoms with van der Waals surface area (Å²) in [4.78, 5) is -0.417. The summed E-state index contributed by atoms with van der Waals surface area (Å²) in [5.74, 6) is -0.124. The van der Waals surface area contributed by atoms with Crippen molar-refractivity contribution in [3.63, 3.8) is 0 Å². The maximum atomic E-state index is 11.5. The number of hydrogen-bond donors (Lipinski definition) is 1. The van der Waals surface area contributed by atoms with E-state index in [-0.39, 0.29) is 35.3 Å². The van der Waals surface area contributed by atoms with Crippen molar-refractivity contribution < 1.29 is 52.4 Å². The molecule has 0 radical (unpaired) electrons. The van der Waals surface area contributed by atoms with E-state index in [0.717, 1.165) is 36.6 Å². The van der Waals surface area contributed by atoms with Crippen LogP contribution in [-0.4, -0.2) is 13.0 Å². The normalized spacial score (nSPS) is 11.1. The zero-order valence-electron chi connectivity index (χ0n) is 16.7. The Morgan fingerprint density at radius 1 is 0.964 bits per heavy atom. The summed E-state index contributed by atoms with van der Waals surface area (Å²) < 4.78 is 37.8. The first kappa shape index (κ1) is 25.0. The van der Waals surface area contributed by atoms with E-state index in [1.165, 1.54) is 38.5 Å². The Morgan fingerprint density at radius 3 is 2.32 bits per heavy atom. The summed E-state index contributed by atoms with van der Waals surface area (Å²) in [6.45, 7) is 2.21. The SMILES string of the molecule is CCCCCCCCCc1cccc(Oc2cc([O-])ccc2S(=O)(=O)O)c1.[Na+]. The number of hydrogen-bond acceptors (Lipinski definition) is 4. The second-order valence-corrected chi connectivity index (χ2v) is 8.09. The molecule has 2 rings (SSSR count). The molecule has 5 nitrogen and oxygen atoms in total. The van der Waals surface area contributed by atoms with Crippen LogP contribution < -0.4 is 39.4 Å². The molecule has 0 atom stereocenters. The molecule has 2 aromatic carbocycles. The van der Waals surface area contributed by atoms with E-state index in [1.54, 1.807) is 6.07 Å². The van der Waals surface area contributed by atoms with Gasteiger partial charge in [-0.25, -0.2) is 0 Å². The molecule has 1 N–H and O–H groups in total. The van der Waals surface area contributed by atoms with Gasteiger partial charge in [-0.1, -0.05) is 63.6 Å². The van der Waals surface area contributed by atoms with Gasteiger partial charge in [0.15, 0.2) is 0 Å². The first-order valence-electron chi connectivity index (χ1n) is 9.45. The van der Waals surface area contributed by atoms with Gasteiger partial charge in [-0.2, -0.15) is 8.42 Å². The Bertz CT molecular complexity index is 836. The van der Waals surface area contributed by atoms with Crippen LogP contribution in [0.1, 0.15) is 57.4 Å². The molecule has 0 aliphatic rings.